The summed E-state index contributed by atoms with van der Waals surface area (Å²) in [5.74, 6) is -0.233. The Bertz CT molecular complexity index is 528. The average Bonchev–Trinajstić information content (AvgIpc) is 2.84. The highest BCUT2D eigenvalue weighted by molar-refractivity contribution is 5.89. The molecule has 0 aliphatic carbocycles. The number of rotatable bonds is 6. The summed E-state index contributed by atoms with van der Waals surface area (Å²) < 4.78 is 5.33. The van der Waals surface area contributed by atoms with Crippen molar-refractivity contribution in [3.63, 3.8) is 0 Å². The van der Waals surface area contributed by atoms with Crippen molar-refractivity contribution >= 4 is 11.9 Å². The smallest absolute Gasteiger partial charge is 0.314 e. The zero-order valence-corrected chi connectivity index (χ0v) is 13.7. The van der Waals surface area contributed by atoms with Crippen molar-refractivity contribution in [3.8, 4) is 0 Å². The average molecular weight is 303 g/mol. The standard InChI is InChI=1S/C18H25NO3/c1-4-5-11-22-17(21)18(3)12-16(20)19(13-18)14(2)15-9-7-6-8-10-15/h6-10,14H,4-5,11-13H2,1-3H3/t14-,18-/m1/s1. The number of carbonyl (C=O) groups is 2. The maximum atomic E-state index is 12.4. The van der Waals surface area contributed by atoms with Gasteiger partial charge in [0.15, 0.2) is 0 Å². The van der Waals surface area contributed by atoms with Crippen molar-refractivity contribution in [3.05, 3.63) is 35.9 Å². The SMILES string of the molecule is CCCCOC(=O)[C@]1(C)CC(=O)N([C@H](C)c2ccccc2)C1. The van der Waals surface area contributed by atoms with Crippen molar-refractivity contribution in [2.24, 2.45) is 5.41 Å². The van der Waals surface area contributed by atoms with Gasteiger partial charge in [-0.1, -0.05) is 43.7 Å². The Morgan fingerprint density at radius 3 is 2.68 bits per heavy atom. The van der Waals surface area contributed by atoms with E-state index in [9.17, 15) is 9.59 Å². The van der Waals surface area contributed by atoms with Crippen molar-refractivity contribution < 1.29 is 14.3 Å². The first-order chi connectivity index (χ1) is 10.5. The third kappa shape index (κ3) is 3.49. The molecule has 1 aliphatic rings. The van der Waals surface area contributed by atoms with E-state index in [1.54, 1.807) is 4.90 Å². The zero-order valence-electron chi connectivity index (χ0n) is 13.7. The predicted molar refractivity (Wildman–Crippen MR) is 85.2 cm³/mol. The molecule has 0 N–H and O–H groups in total. The molecule has 0 saturated carbocycles. The Kier molecular flexibility index (Phi) is 5.22. The molecule has 1 heterocycles. The van der Waals surface area contributed by atoms with E-state index < -0.39 is 5.41 Å². The zero-order chi connectivity index (χ0) is 16.2. The van der Waals surface area contributed by atoms with Crippen LogP contribution in [0.4, 0.5) is 0 Å². The van der Waals surface area contributed by atoms with E-state index in [1.807, 2.05) is 44.2 Å². The van der Waals surface area contributed by atoms with Crippen LogP contribution in [-0.2, 0) is 14.3 Å². The van der Waals surface area contributed by atoms with E-state index in [0.29, 0.717) is 13.2 Å². The van der Waals surface area contributed by atoms with Crippen LogP contribution in [0.2, 0.25) is 0 Å². The van der Waals surface area contributed by atoms with Crippen LogP contribution in [0.1, 0.15) is 51.6 Å². The normalized spacial score (nSPS) is 22.7. The number of nitrogens with zero attached hydrogens (tertiary/aromatic N) is 1. The van der Waals surface area contributed by atoms with Gasteiger partial charge in [0, 0.05) is 13.0 Å². The van der Waals surface area contributed by atoms with Gasteiger partial charge in [0.05, 0.1) is 18.1 Å². The van der Waals surface area contributed by atoms with Crippen LogP contribution < -0.4 is 0 Å². The second kappa shape index (κ2) is 6.95. The van der Waals surface area contributed by atoms with Gasteiger partial charge < -0.3 is 9.64 Å². The lowest BCUT2D eigenvalue weighted by atomic mass is 9.90. The number of hydrogen-bond donors (Lipinski definition) is 0. The number of carbonyl (C=O) groups excluding carboxylic acids is 2. The molecule has 1 aliphatic heterocycles. The first-order valence-electron chi connectivity index (χ1n) is 7.99. The van der Waals surface area contributed by atoms with E-state index in [1.165, 1.54) is 0 Å². The van der Waals surface area contributed by atoms with Crippen LogP contribution >= 0.6 is 0 Å². The monoisotopic (exact) mass is 303 g/mol. The van der Waals surface area contributed by atoms with Gasteiger partial charge in [0.25, 0.3) is 0 Å². The lowest BCUT2D eigenvalue weighted by Crippen LogP contribution is -2.35. The fourth-order valence-corrected chi connectivity index (χ4v) is 2.84. The van der Waals surface area contributed by atoms with Gasteiger partial charge in [0.1, 0.15) is 0 Å². The summed E-state index contributed by atoms with van der Waals surface area (Å²) in [5.41, 5.74) is 0.355. The molecule has 0 radical (unpaired) electrons. The number of unbranched alkanes of at least 4 members (excludes halogenated alkanes) is 1. The van der Waals surface area contributed by atoms with E-state index in [2.05, 4.69) is 6.92 Å². The Hall–Kier alpha value is -1.84. The maximum Gasteiger partial charge on any atom is 0.314 e. The van der Waals surface area contributed by atoms with Crippen LogP contribution in [0, 0.1) is 5.41 Å². The summed E-state index contributed by atoms with van der Waals surface area (Å²) in [7, 11) is 0. The van der Waals surface area contributed by atoms with Crippen molar-refractivity contribution in [2.75, 3.05) is 13.2 Å². The summed E-state index contributed by atoms with van der Waals surface area (Å²) in [6.45, 7) is 6.75. The lowest BCUT2D eigenvalue weighted by molar-refractivity contribution is -0.154. The van der Waals surface area contributed by atoms with Gasteiger partial charge in [-0.05, 0) is 25.8 Å². The minimum atomic E-state index is -0.728. The second-order valence-corrected chi connectivity index (χ2v) is 6.34. The minimum Gasteiger partial charge on any atom is -0.465 e. The summed E-state index contributed by atoms with van der Waals surface area (Å²) in [6.07, 6.45) is 2.08. The van der Waals surface area contributed by atoms with Gasteiger partial charge in [0.2, 0.25) is 5.91 Å². The molecule has 0 spiro atoms. The fourth-order valence-electron chi connectivity index (χ4n) is 2.84. The largest absolute Gasteiger partial charge is 0.465 e. The van der Waals surface area contributed by atoms with E-state index in [4.69, 9.17) is 4.74 Å². The van der Waals surface area contributed by atoms with Crippen LogP contribution in [-0.4, -0.2) is 29.9 Å². The molecule has 4 heteroatoms. The Balaban J connectivity index is 2.05. The lowest BCUT2D eigenvalue weighted by Gasteiger charge is -2.27. The van der Waals surface area contributed by atoms with Gasteiger partial charge in [-0.15, -0.1) is 0 Å². The summed E-state index contributed by atoms with van der Waals surface area (Å²) in [5, 5.41) is 0. The van der Waals surface area contributed by atoms with Crippen LogP contribution in [0.3, 0.4) is 0 Å². The quantitative estimate of drug-likeness (QED) is 0.598. The Labute approximate surface area is 132 Å². The Morgan fingerprint density at radius 2 is 2.05 bits per heavy atom. The number of likely N-dealkylation sites (tertiary alicyclic amines) is 1. The fraction of sp³-hybridized carbons (Fsp3) is 0.556. The van der Waals surface area contributed by atoms with E-state index in [0.717, 1.165) is 18.4 Å². The number of ether oxygens (including phenoxy) is 1. The van der Waals surface area contributed by atoms with Crippen molar-refractivity contribution in [1.29, 1.82) is 0 Å². The summed E-state index contributed by atoms with van der Waals surface area (Å²) >= 11 is 0. The first-order valence-corrected chi connectivity index (χ1v) is 7.99. The van der Waals surface area contributed by atoms with Crippen LogP contribution in [0.15, 0.2) is 30.3 Å². The van der Waals surface area contributed by atoms with Crippen molar-refractivity contribution in [1.82, 2.24) is 4.90 Å². The second-order valence-electron chi connectivity index (χ2n) is 6.34. The highest BCUT2D eigenvalue weighted by atomic mass is 16.5. The highest BCUT2D eigenvalue weighted by Crippen LogP contribution is 2.37. The topological polar surface area (TPSA) is 46.6 Å². The molecule has 2 atom stereocenters. The molecule has 1 aromatic carbocycles. The molecule has 1 aromatic rings. The molecule has 0 bridgehead atoms. The molecule has 4 nitrogen and oxygen atoms in total. The molecule has 1 saturated heterocycles. The van der Waals surface area contributed by atoms with Gasteiger partial charge in [-0.3, -0.25) is 9.59 Å². The van der Waals surface area contributed by atoms with Gasteiger partial charge in [-0.2, -0.15) is 0 Å². The number of hydrogen-bond acceptors (Lipinski definition) is 3. The predicted octanol–water partition coefficient (Wildman–Crippen LogP) is 3.33. The van der Waals surface area contributed by atoms with Gasteiger partial charge >= 0.3 is 5.97 Å². The van der Waals surface area contributed by atoms with Crippen LogP contribution in [0.25, 0.3) is 0 Å². The van der Waals surface area contributed by atoms with E-state index >= 15 is 0 Å². The molecule has 0 unspecified atom stereocenters. The first kappa shape index (κ1) is 16.5. The van der Waals surface area contributed by atoms with Crippen molar-refractivity contribution in [2.45, 2.75) is 46.1 Å². The van der Waals surface area contributed by atoms with Gasteiger partial charge in [-0.25, -0.2) is 0 Å². The maximum absolute atomic E-state index is 12.4. The number of esters is 1. The number of amides is 1. The minimum absolute atomic E-state index is 0.0197. The third-order valence-corrected chi connectivity index (χ3v) is 4.35. The Morgan fingerprint density at radius 1 is 1.36 bits per heavy atom. The molecule has 120 valence electrons. The highest BCUT2D eigenvalue weighted by Gasteiger charge is 2.47. The molecule has 1 amide bonds. The molecule has 2 rings (SSSR count). The molecular weight excluding hydrogens is 278 g/mol. The molecule has 0 aromatic heterocycles. The van der Waals surface area contributed by atoms with Crippen LogP contribution in [0.5, 0.6) is 0 Å². The molecular formula is C18H25NO3. The number of benzene rings is 1. The summed E-state index contributed by atoms with van der Waals surface area (Å²) in [6, 6.07) is 9.87. The third-order valence-electron chi connectivity index (χ3n) is 4.35. The molecule has 22 heavy (non-hydrogen) atoms. The van der Waals surface area contributed by atoms with E-state index in [-0.39, 0.29) is 24.3 Å². The molecule has 1 fully saturated rings. The summed E-state index contributed by atoms with van der Waals surface area (Å²) in [4.78, 5) is 26.4.